The highest BCUT2D eigenvalue weighted by atomic mass is 32.2. The first kappa shape index (κ1) is 7.69. The Morgan fingerprint density at radius 2 is 2.17 bits per heavy atom. The van der Waals surface area contributed by atoms with E-state index in [1.54, 1.807) is 11.8 Å². The summed E-state index contributed by atoms with van der Waals surface area (Å²) in [6, 6.07) is 2.07. The second-order valence-corrected chi connectivity index (χ2v) is 4.33. The molecule has 0 radical (unpaired) electrons. The Morgan fingerprint density at radius 1 is 1.50 bits per heavy atom. The predicted octanol–water partition coefficient (Wildman–Crippen LogP) is 0.881. The summed E-state index contributed by atoms with van der Waals surface area (Å²) in [6.07, 6.45) is 3.85. The normalized spacial score (nSPS) is 42.9. The second-order valence-electron chi connectivity index (χ2n) is 2.97. The lowest BCUT2D eigenvalue weighted by molar-refractivity contribution is -0.142. The van der Waals surface area contributed by atoms with E-state index >= 15 is 0 Å². The number of thioether (sulfide) groups is 1. The van der Waals surface area contributed by atoms with Crippen LogP contribution in [0.4, 0.5) is 0 Å². The van der Waals surface area contributed by atoms with Gasteiger partial charge in [-0.25, -0.2) is 0 Å². The number of nitrogens with zero attached hydrogens (tertiary/aromatic N) is 1. The minimum absolute atomic E-state index is 0.0251. The van der Waals surface area contributed by atoms with Gasteiger partial charge in [-0.15, -0.1) is 11.8 Å². The molecule has 0 spiro atoms. The Kier molecular flexibility index (Phi) is 1.62. The molecule has 3 nitrogen and oxygen atoms in total. The Morgan fingerprint density at radius 3 is 2.67 bits per heavy atom. The number of rotatable bonds is 1. The molecule has 0 aromatic rings. The van der Waals surface area contributed by atoms with Crippen LogP contribution in [0, 0.1) is 23.2 Å². The molecule has 4 atom stereocenters. The zero-order valence-corrected chi connectivity index (χ0v) is 6.99. The molecule has 0 aromatic heterocycles. The van der Waals surface area contributed by atoms with Crippen LogP contribution in [0.15, 0.2) is 12.2 Å². The lowest BCUT2D eigenvalue weighted by Gasteiger charge is -2.15. The molecule has 4 unspecified atom stereocenters. The van der Waals surface area contributed by atoms with Crippen LogP contribution in [0.3, 0.4) is 0 Å². The van der Waals surface area contributed by atoms with Crippen molar-refractivity contribution in [1.82, 2.24) is 0 Å². The van der Waals surface area contributed by atoms with E-state index in [1.165, 1.54) is 0 Å². The van der Waals surface area contributed by atoms with E-state index in [-0.39, 0.29) is 16.4 Å². The summed E-state index contributed by atoms with van der Waals surface area (Å²) in [5.74, 6) is -1.66. The molecular weight excluding hydrogens is 174 g/mol. The van der Waals surface area contributed by atoms with Crippen LogP contribution in [-0.4, -0.2) is 21.6 Å². The summed E-state index contributed by atoms with van der Waals surface area (Å²) in [7, 11) is 0. The lowest BCUT2D eigenvalue weighted by atomic mass is 9.84. The van der Waals surface area contributed by atoms with Crippen LogP contribution in [0.1, 0.15) is 0 Å². The van der Waals surface area contributed by atoms with Gasteiger partial charge >= 0.3 is 5.97 Å². The number of hydrogen-bond acceptors (Lipinski definition) is 3. The van der Waals surface area contributed by atoms with Gasteiger partial charge in [-0.3, -0.25) is 4.79 Å². The van der Waals surface area contributed by atoms with E-state index < -0.39 is 11.9 Å². The van der Waals surface area contributed by atoms with E-state index in [1.807, 2.05) is 12.2 Å². The molecule has 2 rings (SSSR count). The second kappa shape index (κ2) is 2.53. The minimum atomic E-state index is -0.842. The fourth-order valence-corrected chi connectivity index (χ4v) is 3.34. The monoisotopic (exact) mass is 181 g/mol. The molecule has 0 amide bonds. The molecule has 12 heavy (non-hydrogen) atoms. The van der Waals surface area contributed by atoms with Crippen molar-refractivity contribution in [2.24, 2.45) is 11.8 Å². The molecule has 0 aliphatic carbocycles. The predicted molar refractivity (Wildman–Crippen MR) is 44.5 cm³/mol. The van der Waals surface area contributed by atoms with Crippen molar-refractivity contribution in [3.8, 4) is 6.07 Å². The molecule has 0 saturated carbocycles. The van der Waals surface area contributed by atoms with Gasteiger partial charge in [0.1, 0.15) is 0 Å². The van der Waals surface area contributed by atoms with Gasteiger partial charge in [-0.2, -0.15) is 5.26 Å². The zero-order chi connectivity index (χ0) is 8.72. The average molecular weight is 181 g/mol. The molecule has 0 aromatic carbocycles. The summed E-state index contributed by atoms with van der Waals surface area (Å²) in [5, 5.41) is 17.7. The van der Waals surface area contributed by atoms with Crippen molar-refractivity contribution in [3.05, 3.63) is 12.2 Å². The maximum atomic E-state index is 10.8. The number of carboxylic acid groups (broad SMARTS) is 1. The average Bonchev–Trinajstić information content (AvgIpc) is 2.60. The SMILES string of the molecule is N#CC1C2C=CC(S2)C1C(=O)O. The Bertz CT molecular complexity index is 294. The zero-order valence-electron chi connectivity index (χ0n) is 6.18. The summed E-state index contributed by atoms with van der Waals surface area (Å²) >= 11 is 1.59. The van der Waals surface area contributed by atoms with E-state index in [4.69, 9.17) is 10.4 Å². The Labute approximate surface area is 74.1 Å². The number of carbonyl (C=O) groups is 1. The first-order chi connectivity index (χ1) is 5.74. The lowest BCUT2D eigenvalue weighted by Crippen LogP contribution is -2.29. The largest absolute Gasteiger partial charge is 0.481 e. The van der Waals surface area contributed by atoms with Crippen LogP contribution in [0.25, 0.3) is 0 Å². The fraction of sp³-hybridized carbons (Fsp3) is 0.500. The van der Waals surface area contributed by atoms with E-state index in [0.29, 0.717) is 0 Å². The first-order valence-corrected chi connectivity index (χ1v) is 4.64. The highest BCUT2D eigenvalue weighted by molar-refractivity contribution is 8.01. The van der Waals surface area contributed by atoms with Crippen molar-refractivity contribution >= 4 is 17.7 Å². The topological polar surface area (TPSA) is 61.1 Å². The van der Waals surface area contributed by atoms with Gasteiger partial charge in [0.2, 0.25) is 0 Å². The summed E-state index contributed by atoms with van der Waals surface area (Å²) in [6.45, 7) is 0. The molecule has 1 saturated heterocycles. The van der Waals surface area contributed by atoms with Crippen molar-refractivity contribution in [3.63, 3.8) is 0 Å². The van der Waals surface area contributed by atoms with Gasteiger partial charge in [0.05, 0.1) is 17.9 Å². The fourth-order valence-electron chi connectivity index (χ4n) is 1.76. The van der Waals surface area contributed by atoms with Crippen LogP contribution in [-0.2, 0) is 4.79 Å². The quantitative estimate of drug-likeness (QED) is 0.610. The third-order valence-corrected chi connectivity index (χ3v) is 3.86. The highest BCUT2D eigenvalue weighted by Gasteiger charge is 2.49. The van der Waals surface area contributed by atoms with Crippen LogP contribution in [0.2, 0.25) is 0 Å². The summed E-state index contributed by atoms with van der Waals surface area (Å²) in [5.41, 5.74) is 0. The third kappa shape index (κ3) is 0.864. The summed E-state index contributed by atoms with van der Waals surface area (Å²) in [4.78, 5) is 10.8. The maximum Gasteiger partial charge on any atom is 0.309 e. The Balaban J connectivity index is 2.30. The minimum Gasteiger partial charge on any atom is -0.481 e. The maximum absolute atomic E-state index is 10.8. The smallest absolute Gasteiger partial charge is 0.309 e. The van der Waals surface area contributed by atoms with Gasteiger partial charge in [0.25, 0.3) is 0 Å². The van der Waals surface area contributed by atoms with Crippen LogP contribution in [0.5, 0.6) is 0 Å². The van der Waals surface area contributed by atoms with Gasteiger partial charge < -0.3 is 5.11 Å². The summed E-state index contributed by atoms with van der Waals surface area (Å²) < 4.78 is 0. The van der Waals surface area contributed by atoms with Gasteiger partial charge in [-0.05, 0) is 0 Å². The van der Waals surface area contributed by atoms with Crippen molar-refractivity contribution in [1.29, 1.82) is 5.26 Å². The highest BCUT2D eigenvalue weighted by Crippen LogP contribution is 2.48. The molecule has 1 N–H and O–H groups in total. The standard InChI is InChI=1S/C8H7NO2S/c9-3-4-5-1-2-6(12-5)7(4)8(10)11/h1-2,4-7H,(H,10,11). The number of aliphatic carboxylic acids is 1. The van der Waals surface area contributed by atoms with Crippen molar-refractivity contribution in [2.75, 3.05) is 0 Å². The number of hydrogen-bond donors (Lipinski definition) is 1. The van der Waals surface area contributed by atoms with E-state index in [0.717, 1.165) is 0 Å². The number of carboxylic acids is 1. The number of fused-ring (bicyclic) bond motifs is 2. The van der Waals surface area contributed by atoms with Gasteiger partial charge in [0, 0.05) is 10.5 Å². The van der Waals surface area contributed by atoms with E-state index in [9.17, 15) is 4.79 Å². The Hall–Kier alpha value is -0.950. The molecule has 2 heterocycles. The van der Waals surface area contributed by atoms with Crippen LogP contribution < -0.4 is 0 Å². The molecule has 1 fully saturated rings. The van der Waals surface area contributed by atoms with Crippen LogP contribution >= 0.6 is 11.8 Å². The van der Waals surface area contributed by atoms with Gasteiger partial charge in [0.15, 0.2) is 0 Å². The van der Waals surface area contributed by atoms with Crippen molar-refractivity contribution in [2.45, 2.75) is 10.5 Å². The first-order valence-electron chi connectivity index (χ1n) is 3.70. The third-order valence-electron chi connectivity index (χ3n) is 2.33. The van der Waals surface area contributed by atoms with Crippen molar-refractivity contribution < 1.29 is 9.90 Å². The number of nitriles is 1. The molecule has 2 bridgehead atoms. The molecule has 2 aliphatic rings. The molecule has 4 heteroatoms. The molecular formula is C8H7NO2S. The molecule has 62 valence electrons. The molecule has 2 aliphatic heterocycles. The van der Waals surface area contributed by atoms with Gasteiger partial charge in [-0.1, -0.05) is 12.2 Å². The van der Waals surface area contributed by atoms with E-state index in [2.05, 4.69) is 6.07 Å².